The molecular formula is C22H23F3N6O. The highest BCUT2D eigenvalue weighted by atomic mass is 19.1. The lowest BCUT2D eigenvalue weighted by Gasteiger charge is -2.26. The van der Waals surface area contributed by atoms with Crippen LogP contribution in [-0.4, -0.2) is 38.8 Å². The molecule has 1 aliphatic heterocycles. The Balaban J connectivity index is 1.54. The lowest BCUT2D eigenvalue weighted by atomic mass is 10.0. The number of nitrogen functional groups attached to an aromatic ring is 1. The summed E-state index contributed by atoms with van der Waals surface area (Å²) in [7, 11) is 0. The summed E-state index contributed by atoms with van der Waals surface area (Å²) in [4.78, 5) is 19.1. The molecule has 0 radical (unpaired) electrons. The molecule has 32 heavy (non-hydrogen) atoms. The first kappa shape index (κ1) is 20.6. The number of rotatable bonds is 5. The quantitative estimate of drug-likeness (QED) is 0.628. The summed E-state index contributed by atoms with van der Waals surface area (Å²) >= 11 is 0. The third kappa shape index (κ3) is 3.43. The second-order valence-corrected chi connectivity index (χ2v) is 8.57. The molecule has 1 saturated carbocycles. The standard InChI is InChI=1S/C22H23F3N6O/c1-2-22(6-7-22)28-21(32)18-19(26)29-31-8-5-17(27-20(18)31)30-11-13(24)10-16(30)14-9-12(23)3-4-15(14)25/h3-5,8-9,13,16H,2,6-7,10-11H2,1H3,(H2,26,29)(H,28,32)/t13-,16+/m0/s1. The van der Waals surface area contributed by atoms with Crippen molar-refractivity contribution in [3.05, 3.63) is 53.2 Å². The number of hydrogen-bond acceptors (Lipinski definition) is 5. The second-order valence-electron chi connectivity index (χ2n) is 8.57. The zero-order valence-electron chi connectivity index (χ0n) is 17.5. The predicted molar refractivity (Wildman–Crippen MR) is 113 cm³/mol. The number of carbonyl (C=O) groups excluding carboxylic acids is 1. The molecule has 1 aromatic carbocycles. The maximum absolute atomic E-state index is 14.4. The molecular weight excluding hydrogens is 421 g/mol. The van der Waals surface area contributed by atoms with Crippen molar-refractivity contribution in [3.8, 4) is 0 Å². The molecule has 2 atom stereocenters. The number of hydrogen-bond donors (Lipinski definition) is 2. The molecule has 7 nitrogen and oxygen atoms in total. The molecule has 0 bridgehead atoms. The van der Waals surface area contributed by atoms with Crippen molar-refractivity contribution in [2.24, 2.45) is 0 Å². The molecule has 2 aliphatic rings. The molecule has 1 aliphatic carbocycles. The number of nitrogens with two attached hydrogens (primary N) is 1. The zero-order valence-corrected chi connectivity index (χ0v) is 17.5. The number of aromatic nitrogens is 3. The topological polar surface area (TPSA) is 88.5 Å². The van der Waals surface area contributed by atoms with Crippen LogP contribution in [0.3, 0.4) is 0 Å². The molecule has 1 amide bonds. The average Bonchev–Trinajstić information content (AvgIpc) is 3.29. The second kappa shape index (κ2) is 7.39. The van der Waals surface area contributed by atoms with Crippen molar-refractivity contribution in [1.29, 1.82) is 0 Å². The maximum Gasteiger partial charge on any atom is 0.259 e. The fraction of sp³-hybridized carbons (Fsp3) is 0.409. The van der Waals surface area contributed by atoms with Gasteiger partial charge in [-0.15, -0.1) is 5.10 Å². The first-order chi connectivity index (χ1) is 15.3. The average molecular weight is 444 g/mol. The van der Waals surface area contributed by atoms with Crippen LogP contribution in [0.25, 0.3) is 5.65 Å². The van der Waals surface area contributed by atoms with E-state index in [-0.39, 0.29) is 47.0 Å². The highest BCUT2D eigenvalue weighted by molar-refractivity contribution is 6.04. The van der Waals surface area contributed by atoms with Gasteiger partial charge in [-0.2, -0.15) is 0 Å². The van der Waals surface area contributed by atoms with Crippen LogP contribution in [0.2, 0.25) is 0 Å². The zero-order chi connectivity index (χ0) is 22.6. The van der Waals surface area contributed by atoms with Crippen LogP contribution < -0.4 is 16.0 Å². The van der Waals surface area contributed by atoms with Gasteiger partial charge in [0, 0.05) is 23.7 Å². The first-order valence-electron chi connectivity index (χ1n) is 10.6. The monoisotopic (exact) mass is 444 g/mol. The highest BCUT2D eigenvalue weighted by Gasteiger charge is 2.43. The van der Waals surface area contributed by atoms with Crippen LogP contribution in [0.4, 0.5) is 24.8 Å². The predicted octanol–water partition coefficient (Wildman–Crippen LogP) is 3.55. The van der Waals surface area contributed by atoms with Gasteiger partial charge in [0.05, 0.1) is 12.6 Å². The molecule has 2 fully saturated rings. The van der Waals surface area contributed by atoms with Gasteiger partial charge >= 0.3 is 0 Å². The first-order valence-corrected chi connectivity index (χ1v) is 10.6. The molecule has 0 spiro atoms. The fourth-order valence-electron chi connectivity index (χ4n) is 4.44. The Kier molecular flexibility index (Phi) is 4.75. The number of halogens is 3. The summed E-state index contributed by atoms with van der Waals surface area (Å²) in [6.45, 7) is 1.98. The maximum atomic E-state index is 14.4. The number of amides is 1. The van der Waals surface area contributed by atoms with Gasteiger partial charge in [-0.05, 0) is 43.5 Å². The Labute approximate surface area is 182 Å². The Bertz CT molecular complexity index is 1210. The van der Waals surface area contributed by atoms with Gasteiger partial charge in [-0.3, -0.25) is 4.79 Å². The van der Waals surface area contributed by atoms with Crippen LogP contribution in [-0.2, 0) is 0 Å². The highest BCUT2D eigenvalue weighted by Crippen LogP contribution is 2.40. The van der Waals surface area contributed by atoms with E-state index in [1.807, 2.05) is 6.92 Å². The minimum atomic E-state index is -1.24. The van der Waals surface area contributed by atoms with Crippen LogP contribution in [0, 0.1) is 11.6 Å². The Morgan fingerprint density at radius 1 is 1.31 bits per heavy atom. The van der Waals surface area contributed by atoms with E-state index in [0.717, 1.165) is 37.5 Å². The Morgan fingerprint density at radius 2 is 2.09 bits per heavy atom. The minimum Gasteiger partial charge on any atom is -0.381 e. The van der Waals surface area contributed by atoms with Gasteiger partial charge in [-0.1, -0.05) is 6.92 Å². The summed E-state index contributed by atoms with van der Waals surface area (Å²) in [5, 5.41) is 7.18. The number of anilines is 2. The molecule has 1 saturated heterocycles. The molecule has 0 unspecified atom stereocenters. The van der Waals surface area contributed by atoms with Gasteiger partial charge < -0.3 is 16.0 Å². The number of nitrogens with zero attached hydrogens (tertiary/aromatic N) is 4. The van der Waals surface area contributed by atoms with Crippen molar-refractivity contribution in [3.63, 3.8) is 0 Å². The Hall–Kier alpha value is -3.30. The molecule has 2 aromatic heterocycles. The number of nitrogens with one attached hydrogen (secondary N) is 1. The number of benzene rings is 1. The number of carbonyl (C=O) groups is 1. The normalized spacial score (nSPS) is 21.8. The van der Waals surface area contributed by atoms with Gasteiger partial charge in [0.2, 0.25) is 0 Å². The molecule has 3 aromatic rings. The summed E-state index contributed by atoms with van der Waals surface area (Å²) in [6.07, 6.45) is 2.95. The lowest BCUT2D eigenvalue weighted by Crippen LogP contribution is -2.36. The molecule has 3 N–H and O–H groups in total. The van der Waals surface area contributed by atoms with Gasteiger partial charge in [0.15, 0.2) is 11.5 Å². The van der Waals surface area contributed by atoms with E-state index in [1.165, 1.54) is 4.52 Å². The van der Waals surface area contributed by atoms with Crippen molar-refractivity contribution in [2.45, 2.75) is 50.4 Å². The van der Waals surface area contributed by atoms with Gasteiger partial charge in [0.25, 0.3) is 5.91 Å². The fourth-order valence-corrected chi connectivity index (χ4v) is 4.44. The van der Waals surface area contributed by atoms with E-state index in [9.17, 15) is 18.0 Å². The summed E-state index contributed by atoms with van der Waals surface area (Å²) < 4.78 is 44.0. The smallest absolute Gasteiger partial charge is 0.259 e. The molecule has 5 rings (SSSR count). The van der Waals surface area contributed by atoms with Gasteiger partial charge in [0.1, 0.15) is 29.2 Å². The van der Waals surface area contributed by atoms with E-state index >= 15 is 0 Å². The summed E-state index contributed by atoms with van der Waals surface area (Å²) in [6, 6.07) is 4.00. The minimum absolute atomic E-state index is 0.000989. The third-order valence-electron chi connectivity index (χ3n) is 6.49. The lowest BCUT2D eigenvalue weighted by molar-refractivity contribution is 0.0932. The van der Waals surface area contributed by atoms with E-state index in [4.69, 9.17) is 5.73 Å². The largest absolute Gasteiger partial charge is 0.381 e. The van der Waals surface area contributed by atoms with Crippen LogP contribution in [0.1, 0.15) is 54.6 Å². The van der Waals surface area contributed by atoms with Gasteiger partial charge in [-0.25, -0.2) is 22.7 Å². The van der Waals surface area contributed by atoms with E-state index in [1.54, 1.807) is 17.2 Å². The van der Waals surface area contributed by atoms with E-state index < -0.39 is 23.8 Å². The number of alkyl halides is 1. The SMILES string of the molecule is CCC1(NC(=O)c2c(N)nn3ccc(N4C[C@@H](F)C[C@@H]4c4cc(F)ccc4F)nc23)CC1. The van der Waals surface area contributed by atoms with Crippen molar-refractivity contribution < 1.29 is 18.0 Å². The summed E-state index contributed by atoms with van der Waals surface area (Å²) in [5.74, 6) is -1.20. The number of fused-ring (bicyclic) bond motifs is 1. The molecule has 168 valence electrons. The van der Waals surface area contributed by atoms with Crippen molar-refractivity contribution in [2.75, 3.05) is 17.2 Å². The van der Waals surface area contributed by atoms with Crippen molar-refractivity contribution >= 4 is 23.2 Å². The van der Waals surface area contributed by atoms with Crippen LogP contribution in [0.15, 0.2) is 30.5 Å². The third-order valence-corrected chi connectivity index (χ3v) is 6.49. The Morgan fingerprint density at radius 3 is 2.81 bits per heavy atom. The summed E-state index contributed by atoms with van der Waals surface area (Å²) in [5.41, 5.74) is 6.24. The molecule has 10 heteroatoms. The van der Waals surface area contributed by atoms with Crippen LogP contribution >= 0.6 is 0 Å². The van der Waals surface area contributed by atoms with Crippen LogP contribution in [0.5, 0.6) is 0 Å². The molecule has 3 heterocycles. The van der Waals surface area contributed by atoms with E-state index in [0.29, 0.717) is 5.82 Å². The van der Waals surface area contributed by atoms with Crippen molar-refractivity contribution in [1.82, 2.24) is 19.9 Å². The van der Waals surface area contributed by atoms with E-state index in [2.05, 4.69) is 15.4 Å².